The highest BCUT2D eigenvalue weighted by atomic mass is 32.1. The van der Waals surface area contributed by atoms with E-state index in [2.05, 4.69) is 10.3 Å². The summed E-state index contributed by atoms with van der Waals surface area (Å²) in [7, 11) is 0. The predicted molar refractivity (Wildman–Crippen MR) is 92.9 cm³/mol. The molecule has 1 aromatic carbocycles. The monoisotopic (exact) mass is 330 g/mol. The predicted octanol–water partition coefficient (Wildman–Crippen LogP) is 3.91. The van der Waals surface area contributed by atoms with Gasteiger partial charge in [0.05, 0.1) is 16.7 Å². The molecule has 2 aromatic rings. The first kappa shape index (κ1) is 17.3. The average Bonchev–Trinajstić information content (AvgIpc) is 2.94. The summed E-state index contributed by atoms with van der Waals surface area (Å²) in [6, 6.07) is 5.51. The second-order valence-electron chi connectivity index (χ2n) is 5.80. The van der Waals surface area contributed by atoms with Crippen LogP contribution >= 0.6 is 11.3 Å². The normalized spacial score (nSPS) is 12.0. The maximum atomic E-state index is 12.2. The highest BCUT2D eigenvalue weighted by molar-refractivity contribution is 7.09. The van der Waals surface area contributed by atoms with Crippen molar-refractivity contribution < 1.29 is 9.59 Å². The summed E-state index contributed by atoms with van der Waals surface area (Å²) >= 11 is 1.56. The summed E-state index contributed by atoms with van der Waals surface area (Å²) in [5.41, 5.74) is 3.78. The lowest BCUT2D eigenvalue weighted by atomic mass is 10.0. The van der Waals surface area contributed by atoms with Crippen LogP contribution in [0.4, 0.5) is 0 Å². The van der Waals surface area contributed by atoms with E-state index in [4.69, 9.17) is 0 Å². The van der Waals surface area contributed by atoms with Crippen LogP contribution in [0.5, 0.6) is 0 Å². The minimum absolute atomic E-state index is 0.000376. The lowest BCUT2D eigenvalue weighted by molar-refractivity contribution is -0.121. The molecule has 1 aromatic heterocycles. The zero-order valence-corrected chi connectivity index (χ0v) is 14.8. The number of ketones is 1. The fourth-order valence-electron chi connectivity index (χ4n) is 2.25. The highest BCUT2D eigenvalue weighted by Gasteiger charge is 2.14. The van der Waals surface area contributed by atoms with Gasteiger partial charge in [-0.05, 0) is 44.9 Å². The molecule has 4 nitrogen and oxygen atoms in total. The minimum atomic E-state index is -0.135. The van der Waals surface area contributed by atoms with Gasteiger partial charge in [-0.1, -0.05) is 12.1 Å². The number of aromatic nitrogens is 1. The molecule has 1 atom stereocenters. The van der Waals surface area contributed by atoms with Gasteiger partial charge in [0.2, 0.25) is 5.91 Å². The molecule has 1 amide bonds. The molecular weight excluding hydrogens is 308 g/mol. The third-order valence-electron chi connectivity index (χ3n) is 3.87. The first-order valence-corrected chi connectivity index (χ1v) is 8.56. The molecule has 0 aliphatic heterocycles. The van der Waals surface area contributed by atoms with Gasteiger partial charge < -0.3 is 5.32 Å². The first-order valence-electron chi connectivity index (χ1n) is 7.68. The molecular formula is C18H22N2O2S. The van der Waals surface area contributed by atoms with Gasteiger partial charge in [0.1, 0.15) is 0 Å². The van der Waals surface area contributed by atoms with Crippen molar-refractivity contribution in [2.75, 3.05) is 0 Å². The summed E-state index contributed by atoms with van der Waals surface area (Å²) in [5.74, 6) is -0.124. The Bertz CT molecular complexity index is 722. The van der Waals surface area contributed by atoms with E-state index in [-0.39, 0.29) is 30.6 Å². The van der Waals surface area contributed by atoms with Gasteiger partial charge >= 0.3 is 0 Å². The third kappa shape index (κ3) is 4.73. The zero-order chi connectivity index (χ0) is 17.0. The number of rotatable bonds is 6. The third-order valence-corrected chi connectivity index (χ3v) is 4.66. The van der Waals surface area contributed by atoms with Gasteiger partial charge in [-0.15, -0.1) is 11.3 Å². The quantitative estimate of drug-likeness (QED) is 0.817. The molecule has 0 bridgehead atoms. The van der Waals surface area contributed by atoms with E-state index in [1.807, 2.05) is 51.3 Å². The SMILES string of the molecule is Cc1nc(C(C)NC(=O)CCC(=O)c2ccc(C)c(C)c2)cs1. The summed E-state index contributed by atoms with van der Waals surface area (Å²) in [5, 5.41) is 5.81. The van der Waals surface area contributed by atoms with Crippen LogP contribution in [0, 0.1) is 20.8 Å². The average molecular weight is 330 g/mol. The lowest BCUT2D eigenvalue weighted by Gasteiger charge is -2.11. The smallest absolute Gasteiger partial charge is 0.220 e. The summed E-state index contributed by atoms with van der Waals surface area (Å²) in [6.45, 7) is 7.83. The number of carbonyl (C=O) groups excluding carboxylic acids is 2. The number of Topliss-reactive ketones (excluding diaryl/α,β-unsaturated/α-hetero) is 1. The van der Waals surface area contributed by atoms with Crippen LogP contribution in [-0.2, 0) is 4.79 Å². The molecule has 0 saturated heterocycles. The highest BCUT2D eigenvalue weighted by Crippen LogP contribution is 2.16. The molecule has 0 spiro atoms. The molecule has 1 unspecified atom stereocenters. The summed E-state index contributed by atoms with van der Waals surface area (Å²) in [6.07, 6.45) is 0.413. The van der Waals surface area contributed by atoms with Gasteiger partial charge in [0.25, 0.3) is 0 Å². The molecule has 0 fully saturated rings. The van der Waals surface area contributed by atoms with E-state index in [1.54, 1.807) is 11.3 Å². The van der Waals surface area contributed by atoms with E-state index in [1.165, 1.54) is 0 Å². The van der Waals surface area contributed by atoms with Gasteiger partial charge in [-0.2, -0.15) is 0 Å². The van der Waals surface area contributed by atoms with Crippen molar-refractivity contribution in [2.24, 2.45) is 0 Å². The molecule has 0 radical (unpaired) electrons. The maximum Gasteiger partial charge on any atom is 0.220 e. The van der Waals surface area contributed by atoms with E-state index in [9.17, 15) is 9.59 Å². The fourth-order valence-corrected chi connectivity index (χ4v) is 2.96. The number of aryl methyl sites for hydroxylation is 3. The van der Waals surface area contributed by atoms with Crippen LogP contribution in [0.2, 0.25) is 0 Å². The van der Waals surface area contributed by atoms with Gasteiger partial charge in [-0.3, -0.25) is 9.59 Å². The number of carbonyl (C=O) groups is 2. The molecule has 1 N–H and O–H groups in total. The molecule has 0 aliphatic rings. The summed E-state index contributed by atoms with van der Waals surface area (Å²) < 4.78 is 0. The van der Waals surface area contributed by atoms with Gasteiger partial charge in [0, 0.05) is 23.8 Å². The Morgan fingerprint density at radius 3 is 2.52 bits per heavy atom. The Balaban J connectivity index is 1.86. The van der Waals surface area contributed by atoms with E-state index in [0.717, 1.165) is 21.8 Å². The Kier molecular flexibility index (Phi) is 5.66. The number of nitrogens with one attached hydrogen (secondary N) is 1. The maximum absolute atomic E-state index is 12.2. The van der Waals surface area contributed by atoms with Crippen molar-refractivity contribution in [3.63, 3.8) is 0 Å². The zero-order valence-electron chi connectivity index (χ0n) is 14.0. The number of amides is 1. The van der Waals surface area contributed by atoms with E-state index >= 15 is 0 Å². The molecule has 1 heterocycles. The van der Waals surface area contributed by atoms with Gasteiger partial charge in [-0.25, -0.2) is 4.98 Å². The number of nitrogens with zero attached hydrogens (tertiary/aromatic N) is 1. The summed E-state index contributed by atoms with van der Waals surface area (Å²) in [4.78, 5) is 28.5. The van der Waals surface area contributed by atoms with Crippen molar-refractivity contribution >= 4 is 23.0 Å². The topological polar surface area (TPSA) is 59.1 Å². The number of hydrogen-bond acceptors (Lipinski definition) is 4. The van der Waals surface area contributed by atoms with Crippen LogP contribution in [0.1, 0.15) is 58.0 Å². The lowest BCUT2D eigenvalue weighted by Crippen LogP contribution is -2.27. The number of benzene rings is 1. The Morgan fingerprint density at radius 2 is 1.91 bits per heavy atom. The Morgan fingerprint density at radius 1 is 1.17 bits per heavy atom. The van der Waals surface area contributed by atoms with Crippen LogP contribution < -0.4 is 5.32 Å². The van der Waals surface area contributed by atoms with Crippen molar-refractivity contribution in [2.45, 2.75) is 46.6 Å². The van der Waals surface area contributed by atoms with Crippen molar-refractivity contribution in [3.8, 4) is 0 Å². The Hall–Kier alpha value is -2.01. The second kappa shape index (κ2) is 7.51. The van der Waals surface area contributed by atoms with Crippen LogP contribution in [0.15, 0.2) is 23.6 Å². The van der Waals surface area contributed by atoms with Crippen LogP contribution in [-0.4, -0.2) is 16.7 Å². The molecule has 2 rings (SSSR count). The largest absolute Gasteiger partial charge is 0.348 e. The fraction of sp³-hybridized carbons (Fsp3) is 0.389. The molecule has 0 aliphatic carbocycles. The number of hydrogen-bond donors (Lipinski definition) is 1. The number of thiazole rings is 1. The Labute approximate surface area is 141 Å². The molecule has 23 heavy (non-hydrogen) atoms. The first-order chi connectivity index (χ1) is 10.9. The molecule has 0 saturated carbocycles. The second-order valence-corrected chi connectivity index (χ2v) is 6.87. The van der Waals surface area contributed by atoms with Gasteiger partial charge in [0.15, 0.2) is 5.78 Å². The van der Waals surface area contributed by atoms with Crippen LogP contribution in [0.25, 0.3) is 0 Å². The minimum Gasteiger partial charge on any atom is -0.348 e. The van der Waals surface area contributed by atoms with Crippen molar-refractivity contribution in [1.29, 1.82) is 0 Å². The van der Waals surface area contributed by atoms with E-state index < -0.39 is 0 Å². The van der Waals surface area contributed by atoms with Crippen LogP contribution in [0.3, 0.4) is 0 Å². The van der Waals surface area contributed by atoms with Crippen molar-refractivity contribution in [3.05, 3.63) is 51.0 Å². The molecule has 122 valence electrons. The van der Waals surface area contributed by atoms with Crippen molar-refractivity contribution in [1.82, 2.24) is 10.3 Å². The standard InChI is InChI=1S/C18H22N2O2S/c1-11-5-6-15(9-12(11)2)17(21)7-8-18(22)19-13(3)16-10-23-14(4)20-16/h5-6,9-10,13H,7-8H2,1-4H3,(H,19,22). The molecule has 5 heteroatoms. The van der Waals surface area contributed by atoms with E-state index in [0.29, 0.717) is 5.56 Å².